The molecule has 0 spiro atoms. The molecule has 0 atom stereocenters. The Kier molecular flexibility index (Phi) is 4.16. The summed E-state index contributed by atoms with van der Waals surface area (Å²) >= 11 is 0. The molecule has 112 valence electrons. The highest BCUT2D eigenvalue weighted by Gasteiger charge is 2.22. The summed E-state index contributed by atoms with van der Waals surface area (Å²) in [7, 11) is -4.01. The van der Waals surface area contributed by atoms with Gasteiger partial charge in [0.05, 0.1) is 22.8 Å². The van der Waals surface area contributed by atoms with Crippen molar-refractivity contribution in [3.8, 4) is 0 Å². The quantitative estimate of drug-likeness (QED) is 0.392. The monoisotopic (exact) mass is 313 g/mol. The topological polar surface area (TPSA) is 153 Å². The minimum absolute atomic E-state index is 0.0354. The van der Waals surface area contributed by atoms with Crippen LogP contribution in [0.2, 0.25) is 0 Å². The van der Waals surface area contributed by atoms with E-state index in [1.165, 1.54) is 18.4 Å². The van der Waals surface area contributed by atoms with Crippen LogP contribution in [-0.4, -0.2) is 18.5 Å². The summed E-state index contributed by atoms with van der Waals surface area (Å²) in [5, 5.41) is 14.3. The van der Waals surface area contributed by atoms with Crippen molar-refractivity contribution in [2.45, 2.75) is 11.4 Å². The first-order chi connectivity index (χ1) is 9.94. The van der Waals surface area contributed by atoms with Gasteiger partial charge in [-0.2, -0.15) is 0 Å². The van der Waals surface area contributed by atoms with Crippen molar-refractivity contribution in [2.75, 3.05) is 5.43 Å². The molecule has 1 aromatic heterocycles. The zero-order valence-corrected chi connectivity index (χ0v) is 11.3. The van der Waals surface area contributed by atoms with Crippen molar-refractivity contribution in [2.24, 2.45) is 5.84 Å². The van der Waals surface area contributed by atoms with Gasteiger partial charge in [-0.15, -0.1) is 0 Å². The summed E-state index contributed by atoms with van der Waals surface area (Å²) in [6, 6.07) is 4.76. The van der Waals surface area contributed by atoms with E-state index in [-0.39, 0.29) is 22.8 Å². The maximum Gasteiger partial charge on any atom is 0.270 e. The van der Waals surface area contributed by atoms with Crippen molar-refractivity contribution >= 4 is 21.4 Å². The summed E-state index contributed by atoms with van der Waals surface area (Å²) in [6.45, 7) is -0.120. The average molecular weight is 313 g/mol. The number of anilines is 1. The van der Waals surface area contributed by atoms with Gasteiger partial charge in [-0.05, 0) is 6.07 Å². The predicted octanol–water partition coefficient (Wildman–Crippen LogP) is 0.347. The lowest BCUT2D eigenvalue weighted by molar-refractivity contribution is -0.385. The number of nitrogens with zero attached hydrogens (tertiary/aromatic N) is 2. The number of sulfonamides is 1. The van der Waals surface area contributed by atoms with Gasteiger partial charge in [-0.25, -0.2) is 13.1 Å². The molecule has 0 radical (unpaired) electrons. The molecule has 21 heavy (non-hydrogen) atoms. The molecule has 10 nitrogen and oxygen atoms in total. The smallest absolute Gasteiger partial charge is 0.270 e. The number of hydrogen-bond donors (Lipinski definition) is 3. The predicted molar refractivity (Wildman–Crippen MR) is 71.4 cm³/mol. The summed E-state index contributed by atoms with van der Waals surface area (Å²) < 4.78 is 31.2. The Bertz CT molecular complexity index is 743. The third-order valence-corrected chi connectivity index (χ3v) is 4.00. The van der Waals surface area contributed by atoms with Gasteiger partial charge < -0.3 is 9.95 Å². The second-order valence-corrected chi connectivity index (χ2v) is 5.63. The number of hydrogen-bond acceptors (Lipinski definition) is 8. The molecule has 0 aliphatic rings. The zero-order chi connectivity index (χ0) is 15.5. The molecule has 0 bridgehead atoms. The molecule has 0 aliphatic heterocycles. The molecule has 0 saturated carbocycles. The van der Waals surface area contributed by atoms with E-state index in [2.05, 4.69) is 19.8 Å². The Labute approximate surface area is 119 Å². The fraction of sp³-hybridized carbons (Fsp3) is 0.100. The van der Waals surface area contributed by atoms with E-state index in [4.69, 9.17) is 5.84 Å². The number of hydrazine groups is 1. The van der Waals surface area contributed by atoms with Gasteiger partial charge in [0.1, 0.15) is 11.2 Å². The van der Waals surface area contributed by atoms with E-state index in [9.17, 15) is 18.5 Å². The minimum atomic E-state index is -4.01. The molecule has 1 aromatic carbocycles. The summed E-state index contributed by atoms with van der Waals surface area (Å²) in [5.74, 6) is 5.22. The largest absolute Gasteiger partial charge is 0.364 e. The molecule has 2 aromatic rings. The second kappa shape index (κ2) is 5.87. The van der Waals surface area contributed by atoms with Gasteiger partial charge in [-0.1, -0.05) is 5.16 Å². The second-order valence-electron chi connectivity index (χ2n) is 3.90. The maximum absolute atomic E-state index is 12.2. The lowest BCUT2D eigenvalue weighted by Crippen LogP contribution is -2.25. The van der Waals surface area contributed by atoms with E-state index in [1.54, 1.807) is 0 Å². The Morgan fingerprint density at radius 2 is 2.14 bits per heavy atom. The summed E-state index contributed by atoms with van der Waals surface area (Å²) in [5.41, 5.74) is 2.22. The van der Waals surface area contributed by atoms with Crippen molar-refractivity contribution in [3.05, 3.63) is 46.3 Å². The van der Waals surface area contributed by atoms with E-state index >= 15 is 0 Å². The van der Waals surface area contributed by atoms with Crippen LogP contribution in [0.1, 0.15) is 5.69 Å². The van der Waals surface area contributed by atoms with E-state index in [1.807, 2.05) is 0 Å². The van der Waals surface area contributed by atoms with Crippen LogP contribution in [0.5, 0.6) is 0 Å². The number of rotatable bonds is 6. The van der Waals surface area contributed by atoms with E-state index in [0.717, 1.165) is 12.1 Å². The van der Waals surface area contributed by atoms with Crippen LogP contribution in [-0.2, 0) is 16.6 Å². The van der Waals surface area contributed by atoms with Gasteiger partial charge in [-0.3, -0.25) is 16.0 Å². The van der Waals surface area contributed by atoms with Crippen molar-refractivity contribution < 1.29 is 17.9 Å². The molecule has 0 aliphatic carbocycles. The van der Waals surface area contributed by atoms with Crippen LogP contribution < -0.4 is 16.0 Å². The number of nitro groups is 1. The van der Waals surface area contributed by atoms with Gasteiger partial charge in [0.15, 0.2) is 0 Å². The highest BCUT2D eigenvalue weighted by molar-refractivity contribution is 7.89. The molecule has 11 heteroatoms. The van der Waals surface area contributed by atoms with Crippen LogP contribution in [0.25, 0.3) is 0 Å². The molecule has 0 fully saturated rings. The van der Waals surface area contributed by atoms with Crippen LogP contribution in [0.15, 0.2) is 39.9 Å². The van der Waals surface area contributed by atoms with Crippen molar-refractivity contribution in [1.82, 2.24) is 9.88 Å². The Morgan fingerprint density at radius 3 is 2.71 bits per heavy atom. The third-order valence-electron chi connectivity index (χ3n) is 2.56. The molecule has 0 unspecified atom stereocenters. The fourth-order valence-corrected chi connectivity index (χ4v) is 2.73. The number of nitrogen functional groups attached to an aromatic ring is 1. The van der Waals surface area contributed by atoms with Gasteiger partial charge in [0.25, 0.3) is 5.69 Å². The van der Waals surface area contributed by atoms with Crippen LogP contribution in [0, 0.1) is 10.1 Å². The lowest BCUT2D eigenvalue weighted by atomic mass is 10.3. The number of nitrogens with one attached hydrogen (secondary N) is 2. The molecule has 0 amide bonds. The first-order valence-corrected chi connectivity index (χ1v) is 7.06. The van der Waals surface area contributed by atoms with E-state index < -0.39 is 14.9 Å². The normalized spacial score (nSPS) is 11.3. The number of nitrogens with two attached hydrogens (primary N) is 1. The highest BCUT2D eigenvalue weighted by Crippen LogP contribution is 2.25. The van der Waals surface area contributed by atoms with Crippen molar-refractivity contribution in [3.63, 3.8) is 0 Å². The average Bonchev–Trinajstić information content (AvgIpc) is 2.98. The molecule has 4 N–H and O–H groups in total. The highest BCUT2D eigenvalue weighted by atomic mass is 32.2. The van der Waals surface area contributed by atoms with Gasteiger partial charge >= 0.3 is 0 Å². The number of non-ortho nitro benzene ring substituents is 1. The minimum Gasteiger partial charge on any atom is -0.364 e. The Morgan fingerprint density at radius 1 is 1.38 bits per heavy atom. The number of nitro benzene ring substituents is 1. The first-order valence-electron chi connectivity index (χ1n) is 5.58. The Balaban J connectivity index is 2.33. The van der Waals surface area contributed by atoms with Crippen molar-refractivity contribution in [1.29, 1.82) is 0 Å². The van der Waals surface area contributed by atoms with Crippen LogP contribution in [0.4, 0.5) is 11.4 Å². The first kappa shape index (κ1) is 14.9. The van der Waals surface area contributed by atoms with E-state index in [0.29, 0.717) is 5.69 Å². The standard InChI is InChI=1S/C10H11N5O5S/c11-13-9-2-1-8(15(16)17)5-10(9)21(18,19)12-6-7-3-4-20-14-7/h1-5,12-13H,6,11H2. The molecular weight excluding hydrogens is 302 g/mol. The molecule has 0 saturated heterocycles. The molecule has 1 heterocycles. The molecule has 2 rings (SSSR count). The maximum atomic E-state index is 12.2. The van der Waals surface area contributed by atoms with Crippen LogP contribution >= 0.6 is 0 Å². The fourth-order valence-electron chi connectivity index (χ4n) is 1.54. The summed E-state index contributed by atoms with van der Waals surface area (Å²) in [6.07, 6.45) is 1.30. The number of aromatic nitrogens is 1. The van der Waals surface area contributed by atoms with Crippen LogP contribution in [0.3, 0.4) is 0 Å². The van der Waals surface area contributed by atoms with Gasteiger partial charge in [0, 0.05) is 18.2 Å². The zero-order valence-electron chi connectivity index (χ0n) is 10.5. The SMILES string of the molecule is NNc1ccc([N+](=O)[O-])cc1S(=O)(=O)NCc1ccon1. The lowest BCUT2D eigenvalue weighted by Gasteiger charge is -2.10. The summed E-state index contributed by atoms with van der Waals surface area (Å²) in [4.78, 5) is 9.71. The van der Waals surface area contributed by atoms with Gasteiger partial charge in [0.2, 0.25) is 10.0 Å². The Hall–Kier alpha value is -2.50. The molecular formula is C10H11N5O5S. The third kappa shape index (κ3) is 3.34. The number of benzene rings is 1.